The minimum Gasteiger partial charge on any atom is -0.409 e. The smallest absolute Gasteiger partial charge is 0.127 e. The lowest BCUT2D eigenvalue weighted by atomic mass is 9.84. The summed E-state index contributed by atoms with van der Waals surface area (Å²) in [6.45, 7) is 14.2. The Hall–Kier alpha value is -1.28. The molecule has 0 aromatic heterocycles. The Labute approximate surface area is 123 Å². The maximum Gasteiger partial charge on any atom is 0.127 e. The van der Waals surface area contributed by atoms with Crippen LogP contribution in [0.1, 0.15) is 47.1 Å². The monoisotopic (exact) mass is 273 g/mol. The molecule has 0 bridgehead atoms. The van der Waals surface area contributed by atoms with Gasteiger partial charge in [0.25, 0.3) is 0 Å². The molecule has 110 valence electrons. The molecule has 0 N–H and O–H groups in total. The summed E-state index contributed by atoms with van der Waals surface area (Å²) in [6.07, 6.45) is 2.29. The molecule has 1 heterocycles. The Morgan fingerprint density at radius 3 is 2.10 bits per heavy atom. The molecule has 1 atom stereocenters. The van der Waals surface area contributed by atoms with E-state index in [4.69, 9.17) is 4.84 Å². The van der Waals surface area contributed by atoms with Crippen LogP contribution >= 0.6 is 0 Å². The van der Waals surface area contributed by atoms with Crippen LogP contribution in [0, 0.1) is 10.8 Å². The average molecular weight is 273 g/mol. The van der Waals surface area contributed by atoms with Gasteiger partial charge in [-0.1, -0.05) is 71.9 Å². The molecule has 0 saturated heterocycles. The largest absolute Gasteiger partial charge is 0.409 e. The van der Waals surface area contributed by atoms with Crippen LogP contribution in [0.15, 0.2) is 42.2 Å². The third kappa shape index (κ3) is 3.43. The fraction of sp³-hybridized carbons (Fsp3) is 0.556. The number of hydrogen-bond acceptors (Lipinski definition) is 2. The van der Waals surface area contributed by atoms with E-state index in [2.05, 4.69) is 83.0 Å². The van der Waals surface area contributed by atoms with Crippen molar-refractivity contribution >= 4 is 0 Å². The maximum absolute atomic E-state index is 6.16. The van der Waals surface area contributed by atoms with E-state index in [1.54, 1.807) is 0 Å². The van der Waals surface area contributed by atoms with Crippen molar-refractivity contribution < 1.29 is 4.84 Å². The zero-order chi connectivity index (χ0) is 15.0. The summed E-state index contributed by atoms with van der Waals surface area (Å²) in [5.41, 5.74) is 1.49. The van der Waals surface area contributed by atoms with Crippen LogP contribution in [0.25, 0.3) is 0 Å². The van der Waals surface area contributed by atoms with Gasteiger partial charge in [0.1, 0.15) is 5.76 Å². The first-order valence-corrected chi connectivity index (χ1v) is 7.39. The van der Waals surface area contributed by atoms with Gasteiger partial charge in [-0.15, -0.1) is 5.06 Å². The van der Waals surface area contributed by atoms with E-state index >= 15 is 0 Å². The highest BCUT2D eigenvalue weighted by Gasteiger charge is 2.39. The lowest BCUT2D eigenvalue weighted by Crippen LogP contribution is -2.38. The van der Waals surface area contributed by atoms with Crippen LogP contribution in [-0.2, 0) is 11.4 Å². The zero-order valence-corrected chi connectivity index (χ0v) is 13.6. The van der Waals surface area contributed by atoms with E-state index in [0.29, 0.717) is 6.04 Å². The van der Waals surface area contributed by atoms with Crippen LogP contribution in [0.3, 0.4) is 0 Å². The van der Waals surface area contributed by atoms with Crippen LogP contribution in [-0.4, -0.2) is 11.1 Å². The zero-order valence-electron chi connectivity index (χ0n) is 13.6. The average Bonchev–Trinajstić information content (AvgIpc) is 2.74. The third-order valence-electron chi connectivity index (χ3n) is 3.64. The van der Waals surface area contributed by atoms with E-state index < -0.39 is 0 Å². The first-order valence-electron chi connectivity index (χ1n) is 7.39. The number of rotatable bonds is 2. The molecule has 2 heteroatoms. The highest BCUT2D eigenvalue weighted by Crippen LogP contribution is 2.39. The molecule has 2 rings (SSSR count). The van der Waals surface area contributed by atoms with Gasteiger partial charge in [-0.25, -0.2) is 0 Å². The molecule has 1 aromatic rings. The summed E-state index contributed by atoms with van der Waals surface area (Å²) in [5.74, 6) is 1.08. The quantitative estimate of drug-likeness (QED) is 0.769. The van der Waals surface area contributed by atoms with Crippen LogP contribution in [0.5, 0.6) is 0 Å². The van der Waals surface area contributed by atoms with Crippen molar-refractivity contribution in [2.75, 3.05) is 0 Å². The molecule has 0 spiro atoms. The van der Waals surface area contributed by atoms with Crippen molar-refractivity contribution in [1.82, 2.24) is 5.06 Å². The molecule has 1 aliphatic rings. The van der Waals surface area contributed by atoms with Gasteiger partial charge in [-0.3, -0.25) is 0 Å². The van der Waals surface area contributed by atoms with Crippen molar-refractivity contribution in [3.8, 4) is 0 Å². The SMILES string of the molecule is CC(C)(C)C1=CC(C(C)(C)C)N(Cc2ccccc2)O1. The summed E-state index contributed by atoms with van der Waals surface area (Å²) in [6, 6.07) is 10.8. The molecule has 0 amide bonds. The van der Waals surface area contributed by atoms with Crippen LogP contribution in [0.2, 0.25) is 0 Å². The number of allylic oxidation sites excluding steroid dienone is 1. The molecule has 0 fully saturated rings. The molecule has 20 heavy (non-hydrogen) atoms. The van der Waals surface area contributed by atoms with E-state index in [9.17, 15) is 0 Å². The maximum atomic E-state index is 6.16. The standard InChI is InChI=1S/C18H27NO/c1-17(2,3)15-12-16(18(4,5)6)20-19(15)13-14-10-8-7-9-11-14/h7-12,15H,13H2,1-6H3. The van der Waals surface area contributed by atoms with Gasteiger partial charge in [-0.2, -0.15) is 0 Å². The minimum atomic E-state index is 0.0505. The highest BCUT2D eigenvalue weighted by atomic mass is 16.7. The minimum absolute atomic E-state index is 0.0505. The molecule has 0 radical (unpaired) electrons. The van der Waals surface area contributed by atoms with Gasteiger partial charge in [0.05, 0.1) is 12.6 Å². The molecule has 2 nitrogen and oxygen atoms in total. The Balaban J connectivity index is 2.21. The summed E-state index contributed by atoms with van der Waals surface area (Å²) in [7, 11) is 0. The van der Waals surface area contributed by atoms with Gasteiger partial charge in [-0.05, 0) is 17.1 Å². The van der Waals surface area contributed by atoms with Crippen molar-refractivity contribution in [2.24, 2.45) is 10.8 Å². The predicted molar refractivity (Wildman–Crippen MR) is 83.9 cm³/mol. The van der Waals surface area contributed by atoms with Crippen LogP contribution in [0.4, 0.5) is 0 Å². The van der Waals surface area contributed by atoms with Crippen LogP contribution < -0.4 is 0 Å². The highest BCUT2D eigenvalue weighted by molar-refractivity contribution is 5.18. The van der Waals surface area contributed by atoms with E-state index in [1.807, 2.05) is 0 Å². The van der Waals surface area contributed by atoms with E-state index in [0.717, 1.165) is 12.3 Å². The number of nitrogens with zero attached hydrogens (tertiary/aromatic N) is 1. The molecule has 1 aliphatic heterocycles. The predicted octanol–water partition coefficient (Wildman–Crippen LogP) is 4.78. The summed E-state index contributed by atoms with van der Waals surface area (Å²) in [4.78, 5) is 6.16. The summed E-state index contributed by atoms with van der Waals surface area (Å²) >= 11 is 0. The molecule has 1 aromatic carbocycles. The third-order valence-corrected chi connectivity index (χ3v) is 3.64. The Morgan fingerprint density at radius 1 is 1.00 bits per heavy atom. The number of benzene rings is 1. The van der Waals surface area contributed by atoms with Gasteiger partial charge in [0.2, 0.25) is 0 Å². The van der Waals surface area contributed by atoms with E-state index in [-0.39, 0.29) is 10.8 Å². The second-order valence-corrected chi connectivity index (χ2v) is 7.74. The van der Waals surface area contributed by atoms with Crippen molar-refractivity contribution in [3.63, 3.8) is 0 Å². The summed E-state index contributed by atoms with van der Waals surface area (Å²) < 4.78 is 0. The van der Waals surface area contributed by atoms with Gasteiger partial charge < -0.3 is 4.84 Å². The Kier molecular flexibility index (Phi) is 3.97. The molecule has 1 unspecified atom stereocenters. The van der Waals surface area contributed by atoms with Crippen molar-refractivity contribution in [2.45, 2.75) is 54.1 Å². The second-order valence-electron chi connectivity index (χ2n) is 7.74. The van der Waals surface area contributed by atoms with Gasteiger partial charge in [0.15, 0.2) is 0 Å². The molecule has 0 saturated carbocycles. The van der Waals surface area contributed by atoms with Gasteiger partial charge in [0, 0.05) is 5.41 Å². The number of hydroxylamine groups is 2. The Morgan fingerprint density at radius 2 is 1.60 bits per heavy atom. The summed E-state index contributed by atoms with van der Waals surface area (Å²) in [5, 5.41) is 2.12. The molecule has 0 aliphatic carbocycles. The fourth-order valence-corrected chi connectivity index (χ4v) is 2.40. The fourth-order valence-electron chi connectivity index (χ4n) is 2.40. The van der Waals surface area contributed by atoms with Gasteiger partial charge >= 0.3 is 0 Å². The lowest BCUT2D eigenvalue weighted by molar-refractivity contribution is -0.156. The lowest BCUT2D eigenvalue weighted by Gasteiger charge is -2.33. The Bertz CT molecular complexity index is 476. The second kappa shape index (κ2) is 5.25. The first kappa shape index (κ1) is 15.1. The first-order chi connectivity index (χ1) is 9.18. The van der Waals surface area contributed by atoms with E-state index in [1.165, 1.54) is 5.56 Å². The van der Waals surface area contributed by atoms with Crippen molar-refractivity contribution in [3.05, 3.63) is 47.7 Å². The van der Waals surface area contributed by atoms with Crippen molar-refractivity contribution in [1.29, 1.82) is 0 Å². The number of hydrogen-bond donors (Lipinski definition) is 0. The molecular formula is C18H27NO. The topological polar surface area (TPSA) is 12.5 Å². The normalized spacial score (nSPS) is 20.7. The molecular weight excluding hydrogens is 246 g/mol.